The summed E-state index contributed by atoms with van der Waals surface area (Å²) in [5.41, 5.74) is 0.113. The van der Waals surface area contributed by atoms with E-state index in [1.807, 2.05) is 0 Å². The molecule has 2 aromatic rings. The van der Waals surface area contributed by atoms with Crippen LogP contribution in [0.5, 0.6) is 11.5 Å². The zero-order chi connectivity index (χ0) is 20.2. The summed E-state index contributed by atoms with van der Waals surface area (Å²) in [6.07, 6.45) is -0.828. The van der Waals surface area contributed by atoms with E-state index in [9.17, 15) is 26.3 Å². The van der Waals surface area contributed by atoms with Crippen LogP contribution in [0.3, 0.4) is 0 Å². The molecule has 0 heterocycles. The fourth-order valence-corrected chi connectivity index (χ4v) is 4.71. The number of ether oxygens (including phenoxy) is 1. The number of rotatable bonds is 8. The Morgan fingerprint density at radius 1 is 1.07 bits per heavy atom. The Hall–Kier alpha value is -0.204. The van der Waals surface area contributed by atoms with Crippen LogP contribution < -0.4 is 56.1 Å². The zero-order valence-corrected chi connectivity index (χ0v) is 19.6. The fourth-order valence-electron chi connectivity index (χ4n) is 2.39. The normalized spacial score (nSPS) is 12.9. The quantitative estimate of drug-likeness (QED) is 0.326. The molecule has 2 rings (SSSR count). The molecule has 28 heavy (non-hydrogen) atoms. The van der Waals surface area contributed by atoms with Crippen molar-refractivity contribution in [2.24, 2.45) is 0 Å². The van der Waals surface area contributed by atoms with Gasteiger partial charge in [-0.25, -0.2) is 17.2 Å². The molecule has 1 atom stereocenters. The monoisotopic (exact) mass is 460 g/mol. The number of aryl methyl sites for hydroxylation is 1. The van der Waals surface area contributed by atoms with Crippen molar-refractivity contribution in [2.75, 3.05) is 0 Å². The third-order valence-electron chi connectivity index (χ3n) is 3.67. The van der Waals surface area contributed by atoms with E-state index in [1.165, 1.54) is 36.4 Å². The Morgan fingerprint density at radius 2 is 1.64 bits per heavy atom. The molecule has 148 valence electrons. The molecule has 0 radical (unpaired) electrons. The molecule has 0 aliphatic carbocycles. The maximum absolute atomic E-state index is 13.9. The van der Waals surface area contributed by atoms with Crippen molar-refractivity contribution in [3.05, 3.63) is 59.7 Å². The predicted molar refractivity (Wildman–Crippen MR) is 91.3 cm³/mol. The van der Waals surface area contributed by atoms with Crippen LogP contribution in [-0.2, 0) is 21.1 Å². The van der Waals surface area contributed by atoms with Gasteiger partial charge in [0.15, 0.2) is 4.99 Å². The number of halogens is 2. The molecule has 0 aliphatic heterocycles. The SMILES string of the molecule is O=P(O)(O)C(CCCc1cc(Oc2ccc(F)cc2)ccc1F)S(=O)(=O)[O-].[K+]. The van der Waals surface area contributed by atoms with Crippen LogP contribution in [0.4, 0.5) is 8.78 Å². The third-order valence-corrected chi connectivity index (χ3v) is 7.18. The summed E-state index contributed by atoms with van der Waals surface area (Å²) in [6, 6.07) is 8.90. The summed E-state index contributed by atoms with van der Waals surface area (Å²) < 4.78 is 76.4. The first-order valence-corrected chi connectivity index (χ1v) is 10.8. The molecule has 7 nitrogen and oxygen atoms in total. The second-order valence-electron chi connectivity index (χ2n) is 5.74. The van der Waals surface area contributed by atoms with Gasteiger partial charge >= 0.3 is 59.0 Å². The fraction of sp³-hybridized carbons (Fsp3) is 0.250. The van der Waals surface area contributed by atoms with Crippen molar-refractivity contribution in [3.63, 3.8) is 0 Å². The largest absolute Gasteiger partial charge is 1.00 e. The minimum atomic E-state index is -5.20. The number of hydrogen-bond donors (Lipinski definition) is 2. The molecule has 0 amide bonds. The number of benzene rings is 2. The molecule has 0 bridgehead atoms. The van der Waals surface area contributed by atoms with Crippen LogP contribution in [0.25, 0.3) is 0 Å². The minimum Gasteiger partial charge on any atom is -0.747 e. The van der Waals surface area contributed by atoms with Crippen molar-refractivity contribution < 1.29 is 92.2 Å². The van der Waals surface area contributed by atoms with Crippen molar-refractivity contribution in [2.45, 2.75) is 24.3 Å². The van der Waals surface area contributed by atoms with Crippen LogP contribution in [-0.4, -0.2) is 27.7 Å². The van der Waals surface area contributed by atoms with Crippen molar-refractivity contribution >= 4 is 17.7 Å². The third kappa shape index (κ3) is 7.90. The first-order chi connectivity index (χ1) is 12.5. The van der Waals surface area contributed by atoms with Gasteiger partial charge in [0, 0.05) is 0 Å². The van der Waals surface area contributed by atoms with E-state index in [2.05, 4.69) is 0 Å². The maximum atomic E-state index is 13.9. The van der Waals surface area contributed by atoms with E-state index in [-0.39, 0.29) is 75.5 Å². The van der Waals surface area contributed by atoms with Crippen LogP contribution in [0, 0.1) is 11.6 Å². The molecule has 0 saturated heterocycles. The van der Waals surface area contributed by atoms with E-state index in [0.29, 0.717) is 5.75 Å². The molecule has 0 spiro atoms. The van der Waals surface area contributed by atoms with Gasteiger partial charge < -0.3 is 19.1 Å². The second-order valence-corrected chi connectivity index (χ2v) is 9.44. The number of hydrogen-bond acceptors (Lipinski definition) is 5. The van der Waals surface area contributed by atoms with Gasteiger partial charge in [0.2, 0.25) is 0 Å². The van der Waals surface area contributed by atoms with Crippen LogP contribution in [0.1, 0.15) is 18.4 Å². The Kier molecular flexibility index (Phi) is 9.88. The van der Waals surface area contributed by atoms with Crippen LogP contribution >= 0.6 is 7.60 Å². The van der Waals surface area contributed by atoms with Crippen LogP contribution in [0.2, 0.25) is 0 Å². The molecule has 2 N–H and O–H groups in total. The topological polar surface area (TPSA) is 124 Å². The Bertz CT molecular complexity index is 948. The van der Waals surface area contributed by atoms with Crippen LogP contribution in [0.15, 0.2) is 42.5 Å². The van der Waals surface area contributed by atoms with Gasteiger partial charge in [0.25, 0.3) is 0 Å². The predicted octanol–water partition coefficient (Wildman–Crippen LogP) is 0.133. The second kappa shape index (κ2) is 10.7. The van der Waals surface area contributed by atoms with Gasteiger partial charge in [-0.3, -0.25) is 4.57 Å². The summed E-state index contributed by atoms with van der Waals surface area (Å²) in [7, 11) is -10.3. The van der Waals surface area contributed by atoms with E-state index in [4.69, 9.17) is 14.5 Å². The molecule has 2 aromatic carbocycles. The minimum absolute atomic E-state index is 0. The van der Waals surface area contributed by atoms with E-state index in [1.54, 1.807) is 0 Å². The molecule has 0 saturated carbocycles. The summed E-state index contributed by atoms with van der Waals surface area (Å²) in [6.45, 7) is 0. The van der Waals surface area contributed by atoms with E-state index < -0.39 is 40.8 Å². The zero-order valence-electron chi connectivity index (χ0n) is 14.8. The van der Waals surface area contributed by atoms with Gasteiger partial charge in [0.05, 0.1) is 0 Å². The molecule has 12 heteroatoms. The van der Waals surface area contributed by atoms with Crippen molar-refractivity contribution in [3.8, 4) is 11.5 Å². The van der Waals surface area contributed by atoms with Gasteiger partial charge in [-0.05, 0) is 67.3 Å². The first kappa shape index (κ1) is 25.8. The van der Waals surface area contributed by atoms with Crippen molar-refractivity contribution in [1.29, 1.82) is 0 Å². The molecule has 1 unspecified atom stereocenters. The smallest absolute Gasteiger partial charge is 0.747 e. The van der Waals surface area contributed by atoms with Crippen molar-refractivity contribution in [1.82, 2.24) is 0 Å². The van der Waals surface area contributed by atoms with Gasteiger partial charge in [0.1, 0.15) is 33.3 Å². The van der Waals surface area contributed by atoms with Gasteiger partial charge in [-0.15, -0.1) is 0 Å². The summed E-state index contributed by atoms with van der Waals surface area (Å²) >= 11 is 0. The molecule has 0 aliphatic rings. The van der Waals surface area contributed by atoms with E-state index >= 15 is 0 Å². The Labute approximate surface area is 203 Å². The van der Waals surface area contributed by atoms with Gasteiger partial charge in [-0.2, -0.15) is 0 Å². The average molecular weight is 460 g/mol. The summed E-state index contributed by atoms with van der Waals surface area (Å²) in [5.74, 6) is -0.525. The summed E-state index contributed by atoms with van der Waals surface area (Å²) in [4.78, 5) is 15.6. The maximum Gasteiger partial charge on any atom is 1.00 e. The molecule has 0 aromatic heterocycles. The molecular formula is C16H16F2KO7PS. The summed E-state index contributed by atoms with van der Waals surface area (Å²) in [5, 5.41) is 0. The Balaban J connectivity index is 0.00000392. The molecular weight excluding hydrogens is 444 g/mol. The molecule has 0 fully saturated rings. The average Bonchev–Trinajstić information content (AvgIpc) is 2.54. The van der Waals surface area contributed by atoms with Gasteiger partial charge in [-0.1, -0.05) is 0 Å². The Morgan fingerprint density at radius 3 is 2.18 bits per heavy atom. The standard InChI is InChI=1S/C16H17F2O7PS.K/c17-12-4-6-13(7-5-12)25-14-8-9-15(18)11(10-14)2-1-3-16(26(19,20)21)27(22,23)24;/h4-10,16H,1-3H2,(H2,19,20,21)(H,22,23,24);/q;+1/p-1. The first-order valence-electron chi connectivity index (χ1n) is 7.68. The van der Waals surface area contributed by atoms with E-state index in [0.717, 1.165) is 6.07 Å².